The van der Waals surface area contributed by atoms with Crippen LogP contribution in [0.15, 0.2) is 17.0 Å². The second-order valence-electron chi connectivity index (χ2n) is 2.15. The van der Waals surface area contributed by atoms with Crippen molar-refractivity contribution in [3.63, 3.8) is 0 Å². The molecule has 1 aromatic carbocycles. The van der Waals surface area contributed by atoms with E-state index in [0.29, 0.717) is 11.0 Å². The summed E-state index contributed by atoms with van der Waals surface area (Å²) in [5, 5.41) is 8.45. The molecule has 70 valence electrons. The molecule has 6 heteroatoms. The monoisotopic (exact) mass is 224 g/mol. The molecule has 0 aliphatic heterocycles. The summed E-state index contributed by atoms with van der Waals surface area (Å²) in [6.07, 6.45) is 0. The maximum Gasteiger partial charge on any atom is 0.338 e. The van der Waals surface area contributed by atoms with Crippen LogP contribution in [0.1, 0.15) is 10.4 Å². The predicted molar refractivity (Wildman–Crippen MR) is 45.0 cm³/mol. The van der Waals surface area contributed by atoms with Crippen LogP contribution in [-0.2, 0) is 0 Å². The quantitative estimate of drug-likeness (QED) is 0.839. The number of halogens is 3. The van der Waals surface area contributed by atoms with Gasteiger partial charge >= 0.3 is 5.97 Å². The van der Waals surface area contributed by atoms with Gasteiger partial charge in [-0.3, -0.25) is 0 Å². The number of hydrogen-bond donors (Lipinski definition) is 1. The third kappa shape index (κ3) is 2.10. The van der Waals surface area contributed by atoms with Gasteiger partial charge in [-0.2, -0.15) is 0 Å². The van der Waals surface area contributed by atoms with Crippen molar-refractivity contribution in [1.82, 2.24) is 0 Å². The van der Waals surface area contributed by atoms with Gasteiger partial charge in [0.05, 0.1) is 5.56 Å². The Labute approximate surface area is 81.0 Å². The zero-order valence-corrected chi connectivity index (χ0v) is 7.62. The summed E-state index contributed by atoms with van der Waals surface area (Å²) in [6.45, 7) is 0. The highest BCUT2D eigenvalue weighted by molar-refractivity contribution is 8.21. The van der Waals surface area contributed by atoms with Crippen LogP contribution >= 0.6 is 21.7 Å². The van der Waals surface area contributed by atoms with Crippen LogP contribution in [0.25, 0.3) is 0 Å². The lowest BCUT2D eigenvalue weighted by molar-refractivity contribution is 0.0690. The third-order valence-electron chi connectivity index (χ3n) is 1.32. The minimum absolute atomic E-state index is 0.151. The molecule has 0 fully saturated rings. The zero-order valence-electron chi connectivity index (χ0n) is 6.05. The first kappa shape index (κ1) is 10.3. The first-order chi connectivity index (χ1) is 6.06. The van der Waals surface area contributed by atoms with Gasteiger partial charge in [-0.1, -0.05) is 0 Å². The Balaban J connectivity index is 3.33. The van der Waals surface area contributed by atoms with Gasteiger partial charge in [0.2, 0.25) is 0 Å². The van der Waals surface area contributed by atoms with Gasteiger partial charge in [-0.15, -0.1) is 0 Å². The summed E-state index contributed by atoms with van der Waals surface area (Å²) < 4.78 is 25.4. The molecule has 0 saturated carbocycles. The minimum atomic E-state index is -1.52. The van der Waals surface area contributed by atoms with Crippen LogP contribution in [0.4, 0.5) is 8.78 Å². The van der Waals surface area contributed by atoms with Crippen molar-refractivity contribution < 1.29 is 18.7 Å². The normalized spacial score (nSPS) is 10.1. The van der Waals surface area contributed by atoms with Gasteiger partial charge in [0.25, 0.3) is 0 Å². The van der Waals surface area contributed by atoms with E-state index in [1.165, 1.54) is 0 Å². The Morgan fingerprint density at radius 1 is 1.46 bits per heavy atom. The van der Waals surface area contributed by atoms with E-state index >= 15 is 0 Å². The second kappa shape index (κ2) is 3.93. The molecule has 0 radical (unpaired) electrons. The molecule has 0 aliphatic rings. The highest BCUT2D eigenvalue weighted by atomic mass is 35.7. The van der Waals surface area contributed by atoms with Gasteiger partial charge in [0, 0.05) is 4.90 Å². The number of carboxylic acid groups (broad SMARTS) is 1. The zero-order chi connectivity index (χ0) is 10.0. The highest BCUT2D eigenvalue weighted by Crippen LogP contribution is 2.26. The van der Waals surface area contributed by atoms with E-state index in [4.69, 9.17) is 15.8 Å². The van der Waals surface area contributed by atoms with Crippen molar-refractivity contribution in [1.29, 1.82) is 0 Å². The number of carboxylic acids is 1. The Kier molecular flexibility index (Phi) is 3.11. The van der Waals surface area contributed by atoms with E-state index in [-0.39, 0.29) is 4.90 Å². The van der Waals surface area contributed by atoms with Gasteiger partial charge < -0.3 is 5.11 Å². The van der Waals surface area contributed by atoms with Crippen molar-refractivity contribution in [2.75, 3.05) is 0 Å². The molecule has 0 unspecified atom stereocenters. The number of benzene rings is 1. The SMILES string of the molecule is O=C(O)c1cc(SCl)cc(F)c1F. The van der Waals surface area contributed by atoms with E-state index in [1.807, 2.05) is 0 Å². The Hall–Kier alpha value is -0.810. The van der Waals surface area contributed by atoms with Crippen LogP contribution < -0.4 is 0 Å². The van der Waals surface area contributed by atoms with E-state index in [9.17, 15) is 13.6 Å². The first-order valence-corrected chi connectivity index (χ1v) is 4.71. The first-order valence-electron chi connectivity index (χ1n) is 3.07. The van der Waals surface area contributed by atoms with Crippen LogP contribution in [0, 0.1) is 11.6 Å². The fourth-order valence-electron chi connectivity index (χ4n) is 0.764. The fourth-order valence-corrected chi connectivity index (χ4v) is 1.34. The molecule has 13 heavy (non-hydrogen) atoms. The largest absolute Gasteiger partial charge is 0.478 e. The predicted octanol–water partition coefficient (Wildman–Crippen LogP) is 2.91. The van der Waals surface area contributed by atoms with Crippen molar-refractivity contribution in [3.05, 3.63) is 29.3 Å². The van der Waals surface area contributed by atoms with Crippen LogP contribution in [-0.4, -0.2) is 11.1 Å². The highest BCUT2D eigenvalue weighted by Gasteiger charge is 2.16. The maximum absolute atomic E-state index is 12.8. The molecule has 0 spiro atoms. The third-order valence-corrected chi connectivity index (χ3v) is 2.27. The fraction of sp³-hybridized carbons (Fsp3) is 0. The lowest BCUT2D eigenvalue weighted by Crippen LogP contribution is -2.02. The number of rotatable bonds is 2. The molecule has 0 atom stereocenters. The number of hydrogen-bond acceptors (Lipinski definition) is 2. The minimum Gasteiger partial charge on any atom is -0.478 e. The van der Waals surface area contributed by atoms with E-state index in [1.54, 1.807) is 0 Å². The Morgan fingerprint density at radius 2 is 2.08 bits per heavy atom. The van der Waals surface area contributed by atoms with Crippen molar-refractivity contribution >= 4 is 27.6 Å². The van der Waals surface area contributed by atoms with Crippen molar-refractivity contribution in [3.8, 4) is 0 Å². The molecule has 0 amide bonds. The van der Waals surface area contributed by atoms with Gasteiger partial charge in [-0.05, 0) is 33.8 Å². The lowest BCUT2D eigenvalue weighted by Gasteiger charge is -2.00. The summed E-state index contributed by atoms with van der Waals surface area (Å²) in [5.74, 6) is -4.12. The topological polar surface area (TPSA) is 37.3 Å². The number of carbonyl (C=O) groups is 1. The van der Waals surface area contributed by atoms with Gasteiger partial charge in [0.1, 0.15) is 0 Å². The summed E-state index contributed by atoms with van der Waals surface area (Å²) >= 11 is 0. The second-order valence-corrected chi connectivity index (χ2v) is 3.24. The molecule has 0 saturated heterocycles. The summed E-state index contributed by atoms with van der Waals surface area (Å²) in [7, 11) is 5.89. The molecule has 0 aliphatic carbocycles. The maximum atomic E-state index is 12.8. The van der Waals surface area contributed by atoms with E-state index < -0.39 is 23.2 Å². The molecule has 1 rings (SSSR count). The van der Waals surface area contributed by atoms with Crippen molar-refractivity contribution in [2.45, 2.75) is 4.90 Å². The number of aromatic carboxylic acids is 1. The van der Waals surface area contributed by atoms with Gasteiger partial charge in [0.15, 0.2) is 11.6 Å². The van der Waals surface area contributed by atoms with Crippen LogP contribution in [0.5, 0.6) is 0 Å². The average molecular weight is 225 g/mol. The average Bonchev–Trinajstić information content (AvgIpc) is 2.09. The molecule has 2 nitrogen and oxygen atoms in total. The van der Waals surface area contributed by atoms with Crippen molar-refractivity contribution in [2.24, 2.45) is 0 Å². The Bertz CT molecular complexity index is 357. The molecule has 1 aromatic rings. The summed E-state index contributed by atoms with van der Waals surface area (Å²) in [6, 6.07) is 1.80. The van der Waals surface area contributed by atoms with Gasteiger partial charge in [-0.25, -0.2) is 13.6 Å². The Morgan fingerprint density at radius 3 is 2.54 bits per heavy atom. The summed E-state index contributed by atoms with van der Waals surface area (Å²) in [4.78, 5) is 10.5. The van der Waals surface area contributed by atoms with E-state index in [0.717, 1.165) is 12.1 Å². The molecular formula is C7H3ClF2O2S. The molecule has 1 N–H and O–H groups in total. The lowest BCUT2D eigenvalue weighted by atomic mass is 10.2. The molecule has 0 bridgehead atoms. The molecule has 0 heterocycles. The van der Waals surface area contributed by atoms with Crippen LogP contribution in [0.3, 0.4) is 0 Å². The molecule has 0 aromatic heterocycles. The molecular weight excluding hydrogens is 222 g/mol. The van der Waals surface area contributed by atoms with Crippen LogP contribution in [0.2, 0.25) is 0 Å². The smallest absolute Gasteiger partial charge is 0.338 e. The standard InChI is InChI=1S/C7H3ClF2O2S/c8-13-3-1-4(7(11)12)6(10)5(9)2-3/h1-2H,(H,11,12). The summed E-state index contributed by atoms with van der Waals surface area (Å²) in [5.41, 5.74) is -0.719. The van der Waals surface area contributed by atoms with E-state index in [2.05, 4.69) is 0 Å².